The van der Waals surface area contributed by atoms with E-state index in [-0.39, 0.29) is 24.1 Å². The van der Waals surface area contributed by atoms with E-state index in [0.29, 0.717) is 24.7 Å². The number of aromatic amines is 1. The third-order valence-electron chi connectivity index (χ3n) is 8.57. The molecule has 1 amide bonds. The van der Waals surface area contributed by atoms with Crippen LogP contribution in [0.2, 0.25) is 0 Å². The third kappa shape index (κ3) is 4.83. The minimum atomic E-state index is -0.339. The Morgan fingerprint density at radius 1 is 1.10 bits per heavy atom. The van der Waals surface area contributed by atoms with E-state index in [1.165, 1.54) is 5.56 Å². The first-order valence-electron chi connectivity index (χ1n) is 14.1. The number of thiocarbonyl (C=S) groups is 1. The Labute approximate surface area is 247 Å². The minimum absolute atomic E-state index is 0.0465. The van der Waals surface area contributed by atoms with Crippen LogP contribution in [0.25, 0.3) is 10.9 Å². The first-order valence-corrected chi connectivity index (χ1v) is 15.3. The van der Waals surface area contributed by atoms with Crippen LogP contribution in [-0.4, -0.2) is 95.5 Å². The molecule has 3 fully saturated rings. The van der Waals surface area contributed by atoms with Gasteiger partial charge in [0, 0.05) is 53.7 Å². The second kappa shape index (κ2) is 11.1. The van der Waals surface area contributed by atoms with E-state index < -0.39 is 0 Å². The number of H-pyrrole nitrogens is 1. The molecule has 8 nitrogen and oxygen atoms in total. The summed E-state index contributed by atoms with van der Waals surface area (Å²) in [6.07, 6.45) is 2.66. The first kappa shape index (κ1) is 26.4. The summed E-state index contributed by atoms with van der Waals surface area (Å²) in [6.45, 7) is 6.27. The Morgan fingerprint density at radius 3 is 2.70 bits per heavy atom. The molecule has 5 heterocycles. The average molecular weight is 626 g/mol. The zero-order chi connectivity index (χ0) is 27.2. The molecule has 1 aromatic heterocycles. The van der Waals surface area contributed by atoms with Gasteiger partial charge >= 0.3 is 0 Å². The van der Waals surface area contributed by atoms with Crippen molar-refractivity contribution in [1.29, 1.82) is 0 Å². The highest BCUT2D eigenvalue weighted by Gasteiger charge is 2.51. The highest BCUT2D eigenvalue weighted by Crippen LogP contribution is 2.45. The maximum absolute atomic E-state index is 13.8. The number of rotatable bonds is 7. The van der Waals surface area contributed by atoms with Crippen molar-refractivity contribution < 1.29 is 19.0 Å². The SMILES string of the molecule is O=C1C2Cc3c([nH]c4ccc(Br)cc34)C(c3ccc(OCCN4CCOCC4)cc3)N2C(=S)N1CC1CCCO1. The fourth-order valence-electron chi connectivity index (χ4n) is 6.52. The number of morpholine rings is 1. The lowest BCUT2D eigenvalue weighted by Gasteiger charge is -2.37. The van der Waals surface area contributed by atoms with E-state index in [1.54, 1.807) is 4.90 Å². The van der Waals surface area contributed by atoms with Crippen LogP contribution in [0.5, 0.6) is 5.75 Å². The topological polar surface area (TPSA) is 70.3 Å². The summed E-state index contributed by atoms with van der Waals surface area (Å²) in [6, 6.07) is 14.0. The van der Waals surface area contributed by atoms with Crippen LogP contribution in [0.3, 0.4) is 0 Å². The van der Waals surface area contributed by atoms with Crippen LogP contribution in [0.15, 0.2) is 46.9 Å². The molecule has 10 heteroatoms. The maximum Gasteiger partial charge on any atom is 0.251 e. The maximum atomic E-state index is 13.8. The van der Waals surface area contributed by atoms with Crippen LogP contribution in [0, 0.1) is 0 Å². The molecule has 0 spiro atoms. The Kier molecular flexibility index (Phi) is 7.30. The van der Waals surface area contributed by atoms with Crippen molar-refractivity contribution in [3.05, 3.63) is 63.8 Å². The van der Waals surface area contributed by atoms with Gasteiger partial charge in [0.1, 0.15) is 18.4 Å². The number of carbonyl (C=O) groups is 1. The van der Waals surface area contributed by atoms with Crippen LogP contribution in [-0.2, 0) is 20.7 Å². The van der Waals surface area contributed by atoms with E-state index in [9.17, 15) is 4.79 Å². The number of hydrogen-bond acceptors (Lipinski definition) is 6. The normalized spacial score (nSPS) is 25.1. The van der Waals surface area contributed by atoms with Crippen molar-refractivity contribution in [3.63, 3.8) is 0 Å². The molecule has 4 aliphatic heterocycles. The molecule has 4 aliphatic rings. The molecule has 210 valence electrons. The predicted molar refractivity (Wildman–Crippen MR) is 160 cm³/mol. The molecule has 0 aliphatic carbocycles. The molecular formula is C30H33BrN4O4S. The van der Waals surface area contributed by atoms with E-state index in [0.717, 1.165) is 84.7 Å². The number of nitrogens with one attached hydrogen (secondary N) is 1. The number of benzene rings is 2. The predicted octanol–water partition coefficient (Wildman–Crippen LogP) is 4.26. The molecule has 3 unspecified atom stereocenters. The molecule has 2 aromatic carbocycles. The molecule has 40 heavy (non-hydrogen) atoms. The number of amides is 1. The van der Waals surface area contributed by atoms with Gasteiger partial charge in [-0.2, -0.15) is 0 Å². The Bertz CT molecular complexity index is 1420. The van der Waals surface area contributed by atoms with Crippen LogP contribution in [0.1, 0.15) is 35.7 Å². The largest absolute Gasteiger partial charge is 0.492 e. The van der Waals surface area contributed by atoms with E-state index >= 15 is 0 Å². The lowest BCUT2D eigenvalue weighted by atomic mass is 9.89. The van der Waals surface area contributed by atoms with Gasteiger partial charge in [-0.3, -0.25) is 14.6 Å². The highest BCUT2D eigenvalue weighted by atomic mass is 79.9. The fourth-order valence-corrected chi connectivity index (χ4v) is 7.28. The third-order valence-corrected chi connectivity index (χ3v) is 9.50. The smallest absolute Gasteiger partial charge is 0.251 e. The van der Waals surface area contributed by atoms with Gasteiger partial charge in [-0.25, -0.2) is 0 Å². The lowest BCUT2D eigenvalue weighted by molar-refractivity contribution is -0.129. The number of fused-ring (bicyclic) bond motifs is 4. The van der Waals surface area contributed by atoms with Gasteiger partial charge in [-0.15, -0.1) is 0 Å². The minimum Gasteiger partial charge on any atom is -0.492 e. The van der Waals surface area contributed by atoms with Crippen molar-refractivity contribution in [2.45, 2.75) is 37.5 Å². The summed E-state index contributed by atoms with van der Waals surface area (Å²) < 4.78 is 18.4. The first-order chi connectivity index (χ1) is 19.6. The summed E-state index contributed by atoms with van der Waals surface area (Å²) in [5.41, 5.74) is 4.42. The highest BCUT2D eigenvalue weighted by molar-refractivity contribution is 9.10. The van der Waals surface area contributed by atoms with Gasteiger partial charge in [0.15, 0.2) is 5.11 Å². The number of hydrogen-bond donors (Lipinski definition) is 1. The van der Waals surface area contributed by atoms with Crippen molar-refractivity contribution in [1.82, 2.24) is 19.7 Å². The van der Waals surface area contributed by atoms with Gasteiger partial charge in [-0.05, 0) is 66.5 Å². The lowest BCUT2D eigenvalue weighted by Crippen LogP contribution is -2.44. The molecule has 3 aromatic rings. The molecular weight excluding hydrogens is 592 g/mol. The van der Waals surface area contributed by atoms with Crippen molar-refractivity contribution in [2.24, 2.45) is 0 Å². The summed E-state index contributed by atoms with van der Waals surface area (Å²) in [7, 11) is 0. The van der Waals surface area contributed by atoms with Crippen molar-refractivity contribution in [3.8, 4) is 5.75 Å². The second-order valence-electron chi connectivity index (χ2n) is 11.0. The zero-order valence-corrected chi connectivity index (χ0v) is 24.7. The number of ether oxygens (including phenoxy) is 3. The standard InChI is InChI=1S/C30H33BrN4O4S/c31-20-5-8-25-23(16-20)24-17-26-29(36)34(18-22-2-1-12-38-22)30(40)35(26)28(27(24)32-25)19-3-6-21(7-4-19)39-15-11-33-9-13-37-14-10-33/h3-8,16,22,26,28,32H,1-2,9-15,17-18H2. The average Bonchev–Trinajstić information content (AvgIpc) is 3.68. The fraction of sp³-hybridized carbons (Fsp3) is 0.467. The number of nitrogens with zero attached hydrogens (tertiary/aromatic N) is 3. The Hall–Kier alpha value is -2.50. The summed E-state index contributed by atoms with van der Waals surface area (Å²) in [4.78, 5) is 23.8. The van der Waals surface area contributed by atoms with Gasteiger partial charge in [0.25, 0.3) is 5.91 Å². The molecule has 1 N–H and O–H groups in total. The number of aromatic nitrogens is 1. The summed E-state index contributed by atoms with van der Waals surface area (Å²) >= 11 is 9.66. The van der Waals surface area contributed by atoms with Crippen LogP contribution in [0.4, 0.5) is 0 Å². The van der Waals surface area contributed by atoms with Crippen LogP contribution < -0.4 is 4.74 Å². The quantitative estimate of drug-likeness (QED) is 0.394. The Balaban J connectivity index is 1.19. The summed E-state index contributed by atoms with van der Waals surface area (Å²) in [5.74, 6) is 0.911. The van der Waals surface area contributed by atoms with E-state index in [1.807, 2.05) is 18.2 Å². The zero-order valence-electron chi connectivity index (χ0n) is 22.3. The molecule has 0 radical (unpaired) electrons. The van der Waals surface area contributed by atoms with Crippen LogP contribution >= 0.6 is 28.1 Å². The van der Waals surface area contributed by atoms with Gasteiger partial charge < -0.3 is 24.1 Å². The Morgan fingerprint density at radius 2 is 1.93 bits per heavy atom. The molecule has 0 saturated carbocycles. The molecule has 3 saturated heterocycles. The molecule has 0 bridgehead atoms. The van der Waals surface area contributed by atoms with E-state index in [2.05, 4.69) is 55.0 Å². The summed E-state index contributed by atoms with van der Waals surface area (Å²) in [5, 5.41) is 1.74. The van der Waals surface area contributed by atoms with Gasteiger partial charge in [-0.1, -0.05) is 28.1 Å². The number of halogens is 1. The van der Waals surface area contributed by atoms with Crippen molar-refractivity contribution >= 4 is 50.1 Å². The van der Waals surface area contributed by atoms with Crippen molar-refractivity contribution in [2.75, 3.05) is 52.6 Å². The second-order valence-corrected chi connectivity index (χ2v) is 12.3. The molecule has 3 atom stereocenters. The monoisotopic (exact) mass is 624 g/mol. The van der Waals surface area contributed by atoms with Gasteiger partial charge in [0.2, 0.25) is 0 Å². The van der Waals surface area contributed by atoms with E-state index in [4.69, 9.17) is 26.4 Å². The molecule has 7 rings (SSSR count). The number of carbonyl (C=O) groups excluding carboxylic acids is 1. The van der Waals surface area contributed by atoms with Gasteiger partial charge in [0.05, 0.1) is 31.9 Å².